The van der Waals surface area contributed by atoms with Crippen LogP contribution in [0.4, 0.5) is 11.5 Å². The maximum Gasteiger partial charge on any atom is 0.149 e. The predicted octanol–water partition coefficient (Wildman–Crippen LogP) is 3.03. The lowest BCUT2D eigenvalue weighted by atomic mass is 10.1. The van der Waals surface area contributed by atoms with Gasteiger partial charge in [0.25, 0.3) is 0 Å². The molecular formula is C11H16BrN3. The Morgan fingerprint density at radius 1 is 1.53 bits per heavy atom. The Morgan fingerprint density at radius 3 is 2.93 bits per heavy atom. The quantitative estimate of drug-likeness (QED) is 0.868. The van der Waals surface area contributed by atoms with Gasteiger partial charge in [-0.05, 0) is 40.8 Å². The molecule has 1 fully saturated rings. The first-order valence-corrected chi connectivity index (χ1v) is 6.13. The molecule has 0 aliphatic heterocycles. The topological polar surface area (TPSA) is 50.9 Å². The van der Waals surface area contributed by atoms with Crippen molar-refractivity contribution in [2.24, 2.45) is 5.92 Å². The third-order valence-electron chi connectivity index (χ3n) is 3.07. The molecule has 1 aliphatic rings. The highest BCUT2D eigenvalue weighted by Gasteiger charge is 2.23. The van der Waals surface area contributed by atoms with Gasteiger partial charge in [0, 0.05) is 16.7 Å². The Bertz CT molecular complexity index is 354. The fourth-order valence-electron chi connectivity index (χ4n) is 2.11. The molecule has 0 bridgehead atoms. The molecule has 2 rings (SSSR count). The predicted molar refractivity (Wildman–Crippen MR) is 66.8 cm³/mol. The molecule has 0 radical (unpaired) electrons. The zero-order valence-corrected chi connectivity index (χ0v) is 10.4. The van der Waals surface area contributed by atoms with E-state index in [-0.39, 0.29) is 0 Å². The molecule has 82 valence electrons. The summed E-state index contributed by atoms with van der Waals surface area (Å²) in [6, 6.07) is 2.41. The third kappa shape index (κ3) is 2.43. The van der Waals surface area contributed by atoms with E-state index in [1.807, 2.05) is 6.07 Å². The zero-order chi connectivity index (χ0) is 10.8. The summed E-state index contributed by atoms with van der Waals surface area (Å²) in [4.78, 5) is 4.29. The van der Waals surface area contributed by atoms with Gasteiger partial charge in [0.15, 0.2) is 0 Å². The van der Waals surface area contributed by atoms with Crippen LogP contribution in [-0.2, 0) is 0 Å². The van der Waals surface area contributed by atoms with Crippen LogP contribution in [0.1, 0.15) is 26.2 Å². The van der Waals surface area contributed by atoms with Crippen LogP contribution in [0, 0.1) is 5.92 Å². The summed E-state index contributed by atoms with van der Waals surface area (Å²) in [6.07, 6.45) is 5.60. The number of anilines is 2. The lowest BCUT2D eigenvalue weighted by Gasteiger charge is -2.18. The van der Waals surface area contributed by atoms with Crippen LogP contribution in [0.5, 0.6) is 0 Å². The highest BCUT2D eigenvalue weighted by Crippen LogP contribution is 2.29. The van der Waals surface area contributed by atoms with Crippen LogP contribution in [-0.4, -0.2) is 11.0 Å². The van der Waals surface area contributed by atoms with Crippen molar-refractivity contribution >= 4 is 27.4 Å². The number of nitrogens with two attached hydrogens (primary N) is 1. The van der Waals surface area contributed by atoms with E-state index in [4.69, 9.17) is 5.73 Å². The molecule has 1 aliphatic carbocycles. The molecule has 1 aromatic heterocycles. The van der Waals surface area contributed by atoms with Gasteiger partial charge < -0.3 is 11.1 Å². The highest BCUT2D eigenvalue weighted by atomic mass is 79.9. The molecule has 0 aromatic carbocycles. The lowest BCUT2D eigenvalue weighted by Crippen LogP contribution is -2.23. The second-order valence-electron chi connectivity index (χ2n) is 4.25. The number of halogens is 1. The zero-order valence-electron chi connectivity index (χ0n) is 8.83. The van der Waals surface area contributed by atoms with Crippen LogP contribution in [0.3, 0.4) is 0 Å². The minimum absolute atomic E-state index is 0.529. The maximum atomic E-state index is 5.89. The monoisotopic (exact) mass is 269 g/mol. The van der Waals surface area contributed by atoms with Gasteiger partial charge in [0.1, 0.15) is 5.82 Å². The highest BCUT2D eigenvalue weighted by molar-refractivity contribution is 9.10. The average Bonchev–Trinajstić information content (AvgIpc) is 2.57. The van der Waals surface area contributed by atoms with Gasteiger partial charge >= 0.3 is 0 Å². The second kappa shape index (κ2) is 4.39. The van der Waals surface area contributed by atoms with Gasteiger partial charge in [-0.3, -0.25) is 0 Å². The van der Waals surface area contributed by atoms with Crippen molar-refractivity contribution in [3.05, 3.63) is 16.7 Å². The van der Waals surface area contributed by atoms with E-state index in [1.165, 1.54) is 19.3 Å². The molecule has 15 heavy (non-hydrogen) atoms. The number of nitrogens with one attached hydrogen (secondary N) is 1. The fourth-order valence-corrected chi connectivity index (χ4v) is 2.46. The van der Waals surface area contributed by atoms with Crippen molar-refractivity contribution in [1.82, 2.24) is 4.98 Å². The van der Waals surface area contributed by atoms with Gasteiger partial charge in [0.05, 0.1) is 5.69 Å². The SMILES string of the molecule is CC1CCCC1Nc1ncc(Br)cc1N. The van der Waals surface area contributed by atoms with Crippen LogP contribution in [0.2, 0.25) is 0 Å². The van der Waals surface area contributed by atoms with E-state index >= 15 is 0 Å². The van der Waals surface area contributed by atoms with Crippen molar-refractivity contribution in [2.45, 2.75) is 32.2 Å². The summed E-state index contributed by atoms with van der Waals surface area (Å²) in [7, 11) is 0. The Hall–Kier alpha value is -0.770. The maximum absolute atomic E-state index is 5.89. The Kier molecular flexibility index (Phi) is 3.14. The molecule has 4 heteroatoms. The van der Waals surface area contributed by atoms with Crippen molar-refractivity contribution in [3.63, 3.8) is 0 Å². The summed E-state index contributed by atoms with van der Waals surface area (Å²) < 4.78 is 0.921. The van der Waals surface area contributed by atoms with Crippen LogP contribution in [0.15, 0.2) is 16.7 Å². The second-order valence-corrected chi connectivity index (χ2v) is 5.17. The van der Waals surface area contributed by atoms with Crippen LogP contribution >= 0.6 is 15.9 Å². The van der Waals surface area contributed by atoms with E-state index in [2.05, 4.69) is 33.2 Å². The largest absolute Gasteiger partial charge is 0.396 e. The minimum Gasteiger partial charge on any atom is -0.396 e. The molecule has 0 saturated heterocycles. The number of hydrogen-bond acceptors (Lipinski definition) is 3. The molecule has 2 unspecified atom stereocenters. The fraction of sp³-hybridized carbons (Fsp3) is 0.545. The molecule has 1 aromatic rings. The van der Waals surface area contributed by atoms with Crippen molar-refractivity contribution in [2.75, 3.05) is 11.1 Å². The third-order valence-corrected chi connectivity index (χ3v) is 3.50. The molecule has 3 nitrogen and oxygen atoms in total. The van der Waals surface area contributed by atoms with E-state index in [1.54, 1.807) is 6.20 Å². The smallest absolute Gasteiger partial charge is 0.149 e. The Balaban J connectivity index is 2.10. The molecule has 1 saturated carbocycles. The number of nitrogens with zero attached hydrogens (tertiary/aromatic N) is 1. The van der Waals surface area contributed by atoms with Gasteiger partial charge in [-0.15, -0.1) is 0 Å². The first kappa shape index (κ1) is 10.7. The standard InChI is InChI=1S/C11H16BrN3/c1-7-3-2-4-10(7)15-11-9(13)5-8(12)6-14-11/h5-7,10H,2-4,13H2,1H3,(H,14,15). The average molecular weight is 270 g/mol. The number of rotatable bonds is 2. The lowest BCUT2D eigenvalue weighted by molar-refractivity contribution is 0.555. The summed E-state index contributed by atoms with van der Waals surface area (Å²) in [6.45, 7) is 2.28. The van der Waals surface area contributed by atoms with Crippen molar-refractivity contribution in [1.29, 1.82) is 0 Å². The van der Waals surface area contributed by atoms with Crippen LogP contribution < -0.4 is 11.1 Å². The minimum atomic E-state index is 0.529. The number of nitrogen functional groups attached to an aromatic ring is 1. The summed E-state index contributed by atoms with van der Waals surface area (Å²) in [5.41, 5.74) is 6.60. The van der Waals surface area contributed by atoms with Gasteiger partial charge in [-0.2, -0.15) is 0 Å². The van der Waals surface area contributed by atoms with Crippen LogP contribution in [0.25, 0.3) is 0 Å². The van der Waals surface area contributed by atoms with E-state index in [9.17, 15) is 0 Å². The number of aromatic nitrogens is 1. The summed E-state index contributed by atoms with van der Waals surface area (Å²) >= 11 is 3.35. The Labute approximate surface area is 98.6 Å². The molecule has 1 heterocycles. The van der Waals surface area contributed by atoms with Gasteiger partial charge in [0.2, 0.25) is 0 Å². The number of pyridine rings is 1. The van der Waals surface area contributed by atoms with E-state index in [0.29, 0.717) is 11.7 Å². The van der Waals surface area contributed by atoms with Crippen molar-refractivity contribution in [3.8, 4) is 0 Å². The van der Waals surface area contributed by atoms with Gasteiger partial charge in [-0.1, -0.05) is 13.3 Å². The molecule has 0 spiro atoms. The molecular weight excluding hydrogens is 254 g/mol. The van der Waals surface area contributed by atoms with E-state index < -0.39 is 0 Å². The van der Waals surface area contributed by atoms with E-state index in [0.717, 1.165) is 16.2 Å². The normalized spacial score (nSPS) is 25.5. The Morgan fingerprint density at radius 2 is 2.33 bits per heavy atom. The van der Waals surface area contributed by atoms with Gasteiger partial charge in [-0.25, -0.2) is 4.98 Å². The molecule has 3 N–H and O–H groups in total. The summed E-state index contributed by atoms with van der Waals surface area (Å²) in [5, 5.41) is 3.43. The first-order valence-electron chi connectivity index (χ1n) is 5.34. The summed E-state index contributed by atoms with van der Waals surface area (Å²) in [5.74, 6) is 1.53. The van der Waals surface area contributed by atoms with Crippen molar-refractivity contribution < 1.29 is 0 Å². The first-order chi connectivity index (χ1) is 7.16. The molecule has 2 atom stereocenters. The molecule has 0 amide bonds. The number of hydrogen-bond donors (Lipinski definition) is 2.